The zero-order valence-electron chi connectivity index (χ0n) is 15.2. The van der Waals surface area contributed by atoms with E-state index < -0.39 is 28.0 Å². The van der Waals surface area contributed by atoms with Crippen molar-refractivity contribution in [2.45, 2.75) is 31.6 Å². The van der Waals surface area contributed by atoms with E-state index in [4.69, 9.17) is 21.1 Å². The number of methoxy groups -OCH3 is 1. The number of ether oxygens (including phenoxy) is 2. The second-order valence-corrected chi connectivity index (χ2v) is 9.15. The van der Waals surface area contributed by atoms with Gasteiger partial charge in [0.15, 0.2) is 6.79 Å². The van der Waals surface area contributed by atoms with Gasteiger partial charge in [-0.2, -0.15) is 0 Å². The smallest absolute Gasteiger partial charge is 0.188 e. The number of hydrogen-bond donors (Lipinski definition) is 1. The average Bonchev–Trinajstić information content (AvgIpc) is 2.58. The summed E-state index contributed by atoms with van der Waals surface area (Å²) >= 11 is 4.60. The highest BCUT2D eigenvalue weighted by Crippen LogP contribution is 2.33. The highest BCUT2D eigenvalue weighted by Gasteiger charge is 2.32. The van der Waals surface area contributed by atoms with Crippen LogP contribution in [0.25, 0.3) is 0 Å². The normalized spacial score (nSPS) is 14.1. The number of rotatable bonds is 7. The van der Waals surface area contributed by atoms with Crippen molar-refractivity contribution in [2.24, 2.45) is 0 Å². The standard InChI is InChI=1S/C19H23ClFNO3S/c1-19(2,3)26(23)22-18(13-5-7-14(20)8-6-13)16-11-15(21)9-10-17(16)25-12-24-4/h5-11,18,22H,12H2,1-4H3. The topological polar surface area (TPSA) is 53.5 Å². The molecule has 1 N–H and O–H groups in total. The highest BCUT2D eigenvalue weighted by atomic mass is 35.5. The fraction of sp³-hybridized carbons (Fsp3) is 0.368. The maximum atomic E-state index is 14.0. The predicted molar refractivity (Wildman–Crippen MR) is 103 cm³/mol. The second-order valence-electron chi connectivity index (χ2n) is 6.72. The van der Waals surface area contributed by atoms with Gasteiger partial charge < -0.3 is 14.0 Å². The van der Waals surface area contributed by atoms with E-state index in [2.05, 4.69) is 4.72 Å². The van der Waals surface area contributed by atoms with Gasteiger partial charge >= 0.3 is 0 Å². The second kappa shape index (κ2) is 9.06. The van der Waals surface area contributed by atoms with Crippen LogP contribution in [0, 0.1) is 5.82 Å². The van der Waals surface area contributed by atoms with E-state index in [1.54, 1.807) is 12.1 Å². The van der Waals surface area contributed by atoms with Crippen molar-refractivity contribution < 1.29 is 18.4 Å². The molecular weight excluding hydrogens is 377 g/mol. The minimum absolute atomic E-state index is 0.0222. The molecule has 2 atom stereocenters. The maximum Gasteiger partial charge on any atom is 0.188 e. The summed E-state index contributed by atoms with van der Waals surface area (Å²) in [5.41, 5.74) is 1.32. The van der Waals surface area contributed by atoms with Gasteiger partial charge in [0.25, 0.3) is 0 Å². The molecule has 0 heterocycles. The Balaban J connectivity index is 2.49. The van der Waals surface area contributed by atoms with Crippen LogP contribution in [0.3, 0.4) is 0 Å². The van der Waals surface area contributed by atoms with Crippen LogP contribution in [0.2, 0.25) is 5.02 Å². The molecule has 7 heteroatoms. The average molecular weight is 400 g/mol. The molecule has 26 heavy (non-hydrogen) atoms. The summed E-state index contributed by atoms with van der Waals surface area (Å²) in [6, 6.07) is 10.8. The van der Waals surface area contributed by atoms with Crippen LogP contribution in [-0.2, 0) is 16.1 Å². The Morgan fingerprint density at radius 2 is 1.85 bits per heavy atom. The molecule has 0 aliphatic heterocycles. The fourth-order valence-corrected chi connectivity index (χ4v) is 3.21. The minimum Gasteiger partial charge on any atom is -0.598 e. The Labute approximate surface area is 162 Å². The number of halogens is 2. The van der Waals surface area contributed by atoms with E-state index in [0.29, 0.717) is 16.3 Å². The number of nitrogens with one attached hydrogen (secondary N) is 1. The molecule has 4 nitrogen and oxygen atoms in total. The van der Waals surface area contributed by atoms with Crippen molar-refractivity contribution in [1.29, 1.82) is 0 Å². The molecule has 0 aliphatic carbocycles. The molecule has 2 unspecified atom stereocenters. The first kappa shape index (κ1) is 21.0. The summed E-state index contributed by atoms with van der Waals surface area (Å²) in [7, 11) is 1.51. The van der Waals surface area contributed by atoms with Crippen LogP contribution in [0.4, 0.5) is 4.39 Å². The van der Waals surface area contributed by atoms with Crippen LogP contribution in [0.1, 0.15) is 37.9 Å². The molecule has 0 saturated heterocycles. The number of hydrogen-bond acceptors (Lipinski definition) is 4. The van der Waals surface area contributed by atoms with Gasteiger partial charge in [-0.3, -0.25) is 0 Å². The third kappa shape index (κ3) is 5.59. The SMILES string of the molecule is COCOc1ccc(F)cc1C(N[S+]([O-])C(C)(C)C)c1ccc(Cl)cc1. The van der Waals surface area contributed by atoms with Crippen molar-refractivity contribution in [2.75, 3.05) is 13.9 Å². The summed E-state index contributed by atoms with van der Waals surface area (Å²) in [5.74, 6) is 0.0404. The summed E-state index contributed by atoms with van der Waals surface area (Å²) in [6.45, 7) is 5.61. The van der Waals surface area contributed by atoms with Crippen LogP contribution < -0.4 is 9.46 Å². The van der Waals surface area contributed by atoms with Gasteiger partial charge in [-0.1, -0.05) is 23.7 Å². The van der Waals surface area contributed by atoms with Crippen molar-refractivity contribution in [3.8, 4) is 5.75 Å². The Morgan fingerprint density at radius 1 is 1.19 bits per heavy atom. The van der Waals surface area contributed by atoms with Crippen LogP contribution in [0.5, 0.6) is 5.75 Å². The van der Waals surface area contributed by atoms with Gasteiger partial charge in [0.05, 0.1) is 0 Å². The molecule has 2 rings (SSSR count). The molecular formula is C19H23ClFNO3S. The molecule has 0 aromatic heterocycles. The zero-order chi connectivity index (χ0) is 19.3. The van der Waals surface area contributed by atoms with E-state index in [-0.39, 0.29) is 6.79 Å². The van der Waals surface area contributed by atoms with Crippen LogP contribution in [-0.4, -0.2) is 23.2 Å². The molecule has 2 aromatic carbocycles. The Morgan fingerprint density at radius 3 is 2.42 bits per heavy atom. The Hall–Kier alpha value is -1.31. The van der Waals surface area contributed by atoms with Gasteiger partial charge in [-0.25, -0.2) is 4.39 Å². The molecule has 0 aliphatic rings. The van der Waals surface area contributed by atoms with Crippen molar-refractivity contribution in [3.63, 3.8) is 0 Å². The predicted octanol–water partition coefficient (Wildman–Crippen LogP) is 4.60. The van der Waals surface area contributed by atoms with Gasteiger partial charge in [0.2, 0.25) is 0 Å². The summed E-state index contributed by atoms with van der Waals surface area (Å²) in [5, 5.41) is 0.583. The summed E-state index contributed by atoms with van der Waals surface area (Å²) < 4.78 is 39.8. The highest BCUT2D eigenvalue weighted by molar-refractivity contribution is 7.90. The van der Waals surface area contributed by atoms with E-state index in [9.17, 15) is 8.94 Å². The first-order valence-electron chi connectivity index (χ1n) is 8.07. The molecule has 0 spiro atoms. The lowest BCUT2D eigenvalue weighted by molar-refractivity contribution is 0.0502. The third-order valence-corrected chi connectivity index (χ3v) is 5.41. The first-order chi connectivity index (χ1) is 12.2. The largest absolute Gasteiger partial charge is 0.598 e. The van der Waals surface area contributed by atoms with Crippen molar-refractivity contribution in [3.05, 3.63) is 64.4 Å². The third-order valence-electron chi connectivity index (χ3n) is 3.60. The monoisotopic (exact) mass is 399 g/mol. The molecule has 0 bridgehead atoms. The van der Waals surface area contributed by atoms with Crippen LogP contribution >= 0.6 is 11.6 Å². The molecule has 0 fully saturated rings. The van der Waals surface area contributed by atoms with E-state index in [1.165, 1.54) is 25.3 Å². The van der Waals surface area contributed by atoms with Gasteiger partial charge in [0, 0.05) is 29.1 Å². The molecule has 0 amide bonds. The summed E-state index contributed by atoms with van der Waals surface area (Å²) in [6.07, 6.45) is 0. The van der Waals surface area contributed by atoms with Gasteiger partial charge in [-0.05, 0) is 56.7 Å². The molecule has 142 valence electrons. The maximum absolute atomic E-state index is 14.0. The lowest BCUT2D eigenvalue weighted by Crippen LogP contribution is -2.41. The van der Waals surface area contributed by atoms with Crippen LogP contribution in [0.15, 0.2) is 42.5 Å². The Bertz CT molecular complexity index is 722. The molecule has 0 radical (unpaired) electrons. The fourth-order valence-electron chi connectivity index (χ4n) is 2.25. The van der Waals surface area contributed by atoms with Crippen molar-refractivity contribution in [1.82, 2.24) is 4.72 Å². The van der Waals surface area contributed by atoms with Gasteiger partial charge in [-0.15, -0.1) is 4.72 Å². The van der Waals surface area contributed by atoms with E-state index in [0.717, 1.165) is 5.56 Å². The zero-order valence-corrected chi connectivity index (χ0v) is 16.8. The molecule has 2 aromatic rings. The summed E-state index contributed by atoms with van der Waals surface area (Å²) in [4.78, 5) is 0. The Kier molecular flexibility index (Phi) is 7.32. The first-order valence-corrected chi connectivity index (χ1v) is 9.60. The van der Waals surface area contributed by atoms with E-state index in [1.807, 2.05) is 32.9 Å². The number of benzene rings is 2. The molecule has 0 saturated carbocycles. The minimum atomic E-state index is -1.39. The van der Waals surface area contributed by atoms with E-state index >= 15 is 0 Å². The lowest BCUT2D eigenvalue weighted by Gasteiger charge is -2.29. The lowest BCUT2D eigenvalue weighted by atomic mass is 9.98. The quantitative estimate of drug-likeness (QED) is 0.546. The van der Waals surface area contributed by atoms with Crippen molar-refractivity contribution >= 4 is 23.0 Å². The van der Waals surface area contributed by atoms with Gasteiger partial charge in [0.1, 0.15) is 22.4 Å².